The fraction of sp³-hybridized carbons (Fsp3) is 1.00. The summed E-state index contributed by atoms with van der Waals surface area (Å²) in [5.74, 6) is 1.63. The smallest absolute Gasteiger partial charge is 0.0515 e. The van der Waals surface area contributed by atoms with Gasteiger partial charge in [0.25, 0.3) is 0 Å². The quantitative estimate of drug-likeness (QED) is 0.578. The maximum atomic E-state index is 5.38. The average Bonchev–Trinajstić information content (AvgIpc) is 2.60. The third-order valence-electron chi connectivity index (χ3n) is 3.39. The van der Waals surface area contributed by atoms with Gasteiger partial charge in [-0.25, -0.2) is 0 Å². The van der Waals surface area contributed by atoms with Crippen LogP contribution < -0.4 is 5.32 Å². The number of fused-ring (bicyclic) bond motifs is 1. The highest BCUT2D eigenvalue weighted by atomic mass is 16.5. The first-order valence-electron chi connectivity index (χ1n) is 4.08. The summed E-state index contributed by atoms with van der Waals surface area (Å²) in [4.78, 5) is 0. The van der Waals surface area contributed by atoms with Crippen molar-refractivity contribution in [1.82, 2.24) is 5.32 Å². The number of hydrogen-bond acceptors (Lipinski definition) is 2. The molecule has 2 nitrogen and oxygen atoms in total. The monoisotopic (exact) mass is 141 g/mol. The molecule has 0 unspecified atom stereocenters. The molecule has 10 heavy (non-hydrogen) atoms. The average molecular weight is 141 g/mol. The van der Waals surface area contributed by atoms with Gasteiger partial charge in [-0.15, -0.1) is 0 Å². The molecular weight excluding hydrogens is 126 g/mol. The second kappa shape index (κ2) is 1.95. The minimum absolute atomic E-state index is 0.470. The molecule has 1 N–H and O–H groups in total. The first kappa shape index (κ1) is 6.62. The van der Waals surface area contributed by atoms with E-state index >= 15 is 0 Å². The van der Waals surface area contributed by atoms with E-state index in [0.717, 1.165) is 25.0 Å². The van der Waals surface area contributed by atoms with E-state index in [0.29, 0.717) is 5.54 Å². The lowest BCUT2D eigenvalue weighted by molar-refractivity contribution is 0.0752. The number of ether oxygens (including phenoxy) is 1. The van der Waals surface area contributed by atoms with Crippen molar-refractivity contribution in [3.05, 3.63) is 0 Å². The fourth-order valence-corrected chi connectivity index (χ4v) is 2.42. The highest BCUT2D eigenvalue weighted by Gasteiger charge is 2.61. The van der Waals surface area contributed by atoms with Gasteiger partial charge in [-0.05, 0) is 19.4 Å². The second-order valence-electron chi connectivity index (χ2n) is 3.51. The number of nitrogens with one attached hydrogen (secondary N) is 1. The normalized spacial score (nSPS) is 52.2. The Morgan fingerprint density at radius 1 is 1.60 bits per heavy atom. The van der Waals surface area contributed by atoms with E-state index in [1.165, 1.54) is 6.42 Å². The van der Waals surface area contributed by atoms with Crippen molar-refractivity contribution in [1.29, 1.82) is 0 Å². The van der Waals surface area contributed by atoms with Gasteiger partial charge in [-0.2, -0.15) is 0 Å². The summed E-state index contributed by atoms with van der Waals surface area (Å²) in [6.07, 6.45) is 1.20. The Morgan fingerprint density at radius 2 is 2.40 bits per heavy atom. The van der Waals surface area contributed by atoms with Gasteiger partial charge in [0.05, 0.1) is 6.61 Å². The van der Waals surface area contributed by atoms with Gasteiger partial charge in [-0.1, -0.05) is 6.92 Å². The summed E-state index contributed by atoms with van der Waals surface area (Å²) in [5.41, 5.74) is 0.470. The van der Waals surface area contributed by atoms with Gasteiger partial charge in [0.15, 0.2) is 0 Å². The molecule has 0 amide bonds. The van der Waals surface area contributed by atoms with Crippen molar-refractivity contribution in [3.63, 3.8) is 0 Å². The summed E-state index contributed by atoms with van der Waals surface area (Å²) in [5, 5.41) is 3.42. The van der Waals surface area contributed by atoms with Gasteiger partial charge >= 0.3 is 0 Å². The molecule has 0 aromatic rings. The van der Waals surface area contributed by atoms with Crippen molar-refractivity contribution in [2.24, 2.45) is 11.8 Å². The Hall–Kier alpha value is -0.0800. The molecule has 1 aliphatic carbocycles. The van der Waals surface area contributed by atoms with Crippen molar-refractivity contribution in [3.8, 4) is 0 Å². The molecule has 2 fully saturated rings. The Kier molecular flexibility index (Phi) is 1.29. The van der Waals surface area contributed by atoms with E-state index in [-0.39, 0.29) is 0 Å². The van der Waals surface area contributed by atoms with Crippen molar-refractivity contribution < 1.29 is 4.74 Å². The lowest BCUT2D eigenvalue weighted by atomic mass is 10.1. The molecule has 1 saturated carbocycles. The number of rotatable bonds is 1. The van der Waals surface area contributed by atoms with E-state index < -0.39 is 0 Å². The van der Waals surface area contributed by atoms with Crippen LogP contribution in [0.1, 0.15) is 13.3 Å². The van der Waals surface area contributed by atoms with E-state index in [4.69, 9.17) is 4.74 Å². The van der Waals surface area contributed by atoms with Gasteiger partial charge in [0.1, 0.15) is 0 Å². The molecule has 0 radical (unpaired) electrons. The molecular formula is C8H15NO. The van der Waals surface area contributed by atoms with Crippen LogP contribution in [0.5, 0.6) is 0 Å². The molecule has 0 spiro atoms. The SMILES string of the molecule is CN[C@]12CCOC[C@H]1[C@H]2C. The zero-order valence-electron chi connectivity index (χ0n) is 6.68. The predicted molar refractivity (Wildman–Crippen MR) is 39.9 cm³/mol. The summed E-state index contributed by atoms with van der Waals surface area (Å²) >= 11 is 0. The van der Waals surface area contributed by atoms with E-state index in [1.54, 1.807) is 0 Å². The molecule has 1 heterocycles. The molecule has 0 aromatic carbocycles. The maximum absolute atomic E-state index is 5.38. The van der Waals surface area contributed by atoms with Crippen LogP contribution in [0.2, 0.25) is 0 Å². The highest BCUT2D eigenvalue weighted by molar-refractivity contribution is 5.16. The second-order valence-corrected chi connectivity index (χ2v) is 3.51. The Morgan fingerprint density at radius 3 is 2.90 bits per heavy atom. The van der Waals surface area contributed by atoms with E-state index in [1.807, 2.05) is 0 Å². The molecule has 2 rings (SSSR count). The van der Waals surface area contributed by atoms with Crippen molar-refractivity contribution in [2.75, 3.05) is 20.3 Å². The van der Waals surface area contributed by atoms with Crippen LogP contribution in [0.25, 0.3) is 0 Å². The summed E-state index contributed by atoms with van der Waals surface area (Å²) in [6, 6.07) is 0. The summed E-state index contributed by atoms with van der Waals surface area (Å²) in [7, 11) is 2.07. The molecule has 1 saturated heterocycles. The Balaban J connectivity index is 2.09. The maximum Gasteiger partial charge on any atom is 0.0515 e. The van der Waals surface area contributed by atoms with Crippen LogP contribution in [-0.2, 0) is 4.74 Å². The molecule has 1 aliphatic heterocycles. The fourth-order valence-electron chi connectivity index (χ4n) is 2.42. The van der Waals surface area contributed by atoms with Crippen LogP contribution in [-0.4, -0.2) is 25.8 Å². The molecule has 0 bridgehead atoms. The van der Waals surface area contributed by atoms with Gasteiger partial charge in [0.2, 0.25) is 0 Å². The first-order chi connectivity index (χ1) is 4.81. The minimum atomic E-state index is 0.470. The minimum Gasteiger partial charge on any atom is -0.381 e. The zero-order valence-corrected chi connectivity index (χ0v) is 6.68. The Bertz CT molecular complexity index is 148. The molecule has 3 atom stereocenters. The third kappa shape index (κ3) is 0.611. The van der Waals surface area contributed by atoms with Crippen LogP contribution in [0.3, 0.4) is 0 Å². The van der Waals surface area contributed by atoms with Crippen LogP contribution >= 0.6 is 0 Å². The largest absolute Gasteiger partial charge is 0.381 e. The van der Waals surface area contributed by atoms with Gasteiger partial charge in [-0.3, -0.25) is 0 Å². The van der Waals surface area contributed by atoms with Crippen LogP contribution in [0.15, 0.2) is 0 Å². The van der Waals surface area contributed by atoms with Crippen LogP contribution in [0, 0.1) is 11.8 Å². The number of hydrogen-bond donors (Lipinski definition) is 1. The van der Waals surface area contributed by atoms with Gasteiger partial charge in [0, 0.05) is 18.1 Å². The topological polar surface area (TPSA) is 21.3 Å². The van der Waals surface area contributed by atoms with E-state index in [9.17, 15) is 0 Å². The van der Waals surface area contributed by atoms with Gasteiger partial charge < -0.3 is 10.1 Å². The standard InChI is InChI=1S/C8H15NO/c1-6-7-5-10-4-3-8(6,7)9-2/h6-7,9H,3-5H2,1-2H3/t6-,7+,8+/m1/s1. The third-order valence-corrected chi connectivity index (χ3v) is 3.39. The molecule has 0 aromatic heterocycles. The van der Waals surface area contributed by atoms with Crippen LogP contribution in [0.4, 0.5) is 0 Å². The zero-order chi connectivity index (χ0) is 7.19. The Labute approximate surface area is 61.9 Å². The molecule has 58 valence electrons. The predicted octanol–water partition coefficient (Wildman–Crippen LogP) is 0.631. The lowest BCUT2D eigenvalue weighted by Crippen LogP contribution is -2.36. The van der Waals surface area contributed by atoms with Crippen molar-refractivity contribution in [2.45, 2.75) is 18.9 Å². The molecule has 2 aliphatic rings. The van der Waals surface area contributed by atoms with Crippen molar-refractivity contribution >= 4 is 0 Å². The summed E-state index contributed by atoms with van der Waals surface area (Å²) in [6.45, 7) is 4.24. The first-order valence-corrected chi connectivity index (χ1v) is 4.08. The summed E-state index contributed by atoms with van der Waals surface area (Å²) < 4.78 is 5.38. The molecule has 2 heteroatoms. The van der Waals surface area contributed by atoms with E-state index in [2.05, 4.69) is 19.3 Å². The lowest BCUT2D eigenvalue weighted by Gasteiger charge is -2.21. The highest BCUT2D eigenvalue weighted by Crippen LogP contribution is 2.54.